The van der Waals surface area contributed by atoms with E-state index in [1.165, 1.54) is 18.7 Å². The molecule has 1 amide bonds. The fourth-order valence-corrected chi connectivity index (χ4v) is 4.35. The van der Waals surface area contributed by atoms with Crippen molar-refractivity contribution in [1.82, 2.24) is 8.75 Å². The van der Waals surface area contributed by atoms with E-state index in [1.54, 1.807) is 0 Å². The zero-order chi connectivity index (χ0) is 27.2. The van der Waals surface area contributed by atoms with E-state index in [0.29, 0.717) is 0 Å². The van der Waals surface area contributed by atoms with E-state index in [1.807, 2.05) is 70.2 Å². The van der Waals surface area contributed by atoms with Crippen molar-refractivity contribution in [2.45, 2.75) is 84.7 Å². The van der Waals surface area contributed by atoms with Gasteiger partial charge in [-0.3, -0.25) is 4.79 Å². The Hall–Kier alpha value is -2.30. The molecule has 0 bridgehead atoms. The molecule has 196 valence electrons. The summed E-state index contributed by atoms with van der Waals surface area (Å²) in [6.07, 6.45) is 0. The summed E-state index contributed by atoms with van der Waals surface area (Å²) in [7, 11) is -0.697. The molecule has 5 rings (SSSR count). The van der Waals surface area contributed by atoms with Crippen molar-refractivity contribution in [2.75, 3.05) is 5.32 Å². The van der Waals surface area contributed by atoms with Gasteiger partial charge in [0.2, 0.25) is 5.91 Å². The third-order valence-corrected chi connectivity index (χ3v) is 8.12. The molecule has 0 spiro atoms. The lowest BCUT2D eigenvalue weighted by Gasteiger charge is -2.32. The molecule has 2 aromatic carbocycles. The number of nitrogens with zero attached hydrogens (tertiary/aromatic N) is 2. The number of hydrogen-bond acceptors (Lipinski definition) is 8. The summed E-state index contributed by atoms with van der Waals surface area (Å²) in [5.41, 5.74) is 3.23. The molecule has 2 aliphatic rings. The highest BCUT2D eigenvalue weighted by Crippen LogP contribution is 2.37. The second-order valence-electron chi connectivity index (χ2n) is 11.5. The number of hydrogen-bond donors (Lipinski definition) is 1. The number of nitrogens with one attached hydrogen (secondary N) is 1. The molecule has 0 radical (unpaired) electrons. The molecular formula is C26H35B2N3O5S. The van der Waals surface area contributed by atoms with Crippen molar-refractivity contribution in [3.05, 3.63) is 42.5 Å². The molecule has 8 nitrogen and oxygen atoms in total. The van der Waals surface area contributed by atoms with Crippen molar-refractivity contribution < 1.29 is 23.4 Å². The lowest BCUT2D eigenvalue weighted by atomic mass is 9.79. The van der Waals surface area contributed by atoms with E-state index in [4.69, 9.17) is 18.6 Å². The number of fused-ring (bicyclic) bond motifs is 1. The molecule has 3 heterocycles. The first-order chi connectivity index (χ1) is 17.1. The predicted octanol–water partition coefficient (Wildman–Crippen LogP) is 3.93. The molecule has 2 aliphatic heterocycles. The van der Waals surface area contributed by atoms with Gasteiger partial charge in [0.1, 0.15) is 11.0 Å². The van der Waals surface area contributed by atoms with Crippen LogP contribution in [0.1, 0.15) is 62.3 Å². The Kier molecular flexibility index (Phi) is 7.33. The molecule has 2 fully saturated rings. The highest BCUT2D eigenvalue weighted by Gasteiger charge is 2.52. The standard InChI is InChI=1S/C14H20BNO3.C12H15BN2O2S/c1-10(17)16-12-8-6-11(7-9-12)15-18-13(2,3)14(4,5)19-15;1-11(2)12(3,4)17-13(16-11)8-5-6-9-10(7-8)15-18-14-9/h6-9H,1-5H3,(H,16,17);5-7H,1-4H3. The normalized spacial score (nSPS) is 21.0. The predicted molar refractivity (Wildman–Crippen MR) is 150 cm³/mol. The van der Waals surface area contributed by atoms with Crippen LogP contribution in [0.5, 0.6) is 0 Å². The smallest absolute Gasteiger partial charge is 0.399 e. The van der Waals surface area contributed by atoms with Crippen LogP contribution in [0, 0.1) is 0 Å². The SMILES string of the molecule is CC(=O)Nc1ccc(B2OC(C)(C)C(C)(C)O2)cc1.CC1(C)OB(c2ccc3nsnc3c2)OC1(C)C. The minimum atomic E-state index is -0.364. The molecule has 0 unspecified atom stereocenters. The molecule has 11 heteroatoms. The number of carbonyl (C=O) groups is 1. The van der Waals surface area contributed by atoms with Crippen molar-refractivity contribution in [3.63, 3.8) is 0 Å². The summed E-state index contributed by atoms with van der Waals surface area (Å²) < 4.78 is 32.4. The zero-order valence-electron chi connectivity index (χ0n) is 23.0. The lowest BCUT2D eigenvalue weighted by Crippen LogP contribution is -2.41. The van der Waals surface area contributed by atoms with Gasteiger partial charge in [-0.05, 0) is 90.6 Å². The van der Waals surface area contributed by atoms with Crippen LogP contribution in [-0.2, 0) is 23.4 Å². The van der Waals surface area contributed by atoms with Crippen molar-refractivity contribution in [1.29, 1.82) is 0 Å². The third kappa shape index (κ3) is 5.76. The third-order valence-electron chi connectivity index (χ3n) is 7.56. The van der Waals surface area contributed by atoms with Gasteiger partial charge in [-0.1, -0.05) is 18.2 Å². The quantitative estimate of drug-likeness (QED) is 0.521. The van der Waals surface area contributed by atoms with Crippen molar-refractivity contribution in [3.8, 4) is 0 Å². The fraction of sp³-hybridized carbons (Fsp3) is 0.500. The number of aromatic nitrogens is 2. The van der Waals surface area contributed by atoms with Gasteiger partial charge in [0.25, 0.3) is 0 Å². The van der Waals surface area contributed by atoms with E-state index in [0.717, 1.165) is 27.6 Å². The number of amides is 1. The molecule has 0 saturated carbocycles. The largest absolute Gasteiger partial charge is 0.494 e. The first kappa shape index (κ1) is 27.7. The van der Waals surface area contributed by atoms with Crippen LogP contribution in [0.2, 0.25) is 0 Å². The molecule has 0 aliphatic carbocycles. The van der Waals surface area contributed by atoms with Gasteiger partial charge in [-0.25, -0.2) is 0 Å². The summed E-state index contributed by atoms with van der Waals surface area (Å²) in [6.45, 7) is 17.8. The van der Waals surface area contributed by atoms with Crippen LogP contribution < -0.4 is 16.2 Å². The van der Waals surface area contributed by atoms with Gasteiger partial charge < -0.3 is 23.9 Å². The maximum atomic E-state index is 11.0. The van der Waals surface area contributed by atoms with Gasteiger partial charge >= 0.3 is 14.2 Å². The van der Waals surface area contributed by atoms with Crippen LogP contribution in [0.3, 0.4) is 0 Å². The maximum Gasteiger partial charge on any atom is 0.494 e. The Morgan fingerprint density at radius 3 is 1.62 bits per heavy atom. The van der Waals surface area contributed by atoms with E-state index in [2.05, 4.69) is 41.8 Å². The summed E-state index contributed by atoms with van der Waals surface area (Å²) in [6, 6.07) is 13.5. The number of rotatable bonds is 3. The molecule has 37 heavy (non-hydrogen) atoms. The fourth-order valence-electron chi connectivity index (χ4n) is 3.83. The average Bonchev–Trinajstić information content (AvgIpc) is 3.40. The van der Waals surface area contributed by atoms with Gasteiger partial charge in [0.15, 0.2) is 0 Å². The van der Waals surface area contributed by atoms with Gasteiger partial charge in [0.05, 0.1) is 34.1 Å². The Balaban J connectivity index is 0.000000173. The van der Waals surface area contributed by atoms with Gasteiger partial charge in [0, 0.05) is 12.6 Å². The average molecular weight is 523 g/mol. The summed E-state index contributed by atoms with van der Waals surface area (Å²) in [5.74, 6) is -0.0802. The maximum absolute atomic E-state index is 11.0. The second-order valence-corrected chi connectivity index (χ2v) is 12.0. The Morgan fingerprint density at radius 2 is 1.14 bits per heavy atom. The monoisotopic (exact) mass is 523 g/mol. The van der Waals surface area contributed by atoms with Crippen molar-refractivity contribution in [2.24, 2.45) is 0 Å². The van der Waals surface area contributed by atoms with E-state index in [9.17, 15) is 4.79 Å². The number of carbonyl (C=O) groups excluding carboxylic acids is 1. The molecule has 2 saturated heterocycles. The molecule has 1 aromatic heterocycles. The summed E-state index contributed by atoms with van der Waals surface area (Å²) in [4.78, 5) is 11.0. The molecule has 0 atom stereocenters. The lowest BCUT2D eigenvalue weighted by molar-refractivity contribution is -0.114. The van der Waals surface area contributed by atoms with E-state index >= 15 is 0 Å². The molecule has 3 aromatic rings. The zero-order valence-corrected chi connectivity index (χ0v) is 23.9. The van der Waals surface area contributed by atoms with Crippen LogP contribution in [0.4, 0.5) is 5.69 Å². The Labute approximate surface area is 224 Å². The highest BCUT2D eigenvalue weighted by atomic mass is 32.1. The van der Waals surface area contributed by atoms with Crippen LogP contribution >= 0.6 is 11.7 Å². The topological polar surface area (TPSA) is 91.8 Å². The minimum Gasteiger partial charge on any atom is -0.399 e. The van der Waals surface area contributed by atoms with Crippen molar-refractivity contribution >= 4 is 59.5 Å². The number of benzene rings is 2. The van der Waals surface area contributed by atoms with Gasteiger partial charge in [-0.2, -0.15) is 8.75 Å². The summed E-state index contributed by atoms with van der Waals surface area (Å²) in [5, 5.41) is 2.73. The van der Waals surface area contributed by atoms with Gasteiger partial charge in [-0.15, -0.1) is 0 Å². The Bertz CT molecular complexity index is 1240. The van der Waals surface area contributed by atoms with Crippen LogP contribution in [0.15, 0.2) is 42.5 Å². The van der Waals surface area contributed by atoms with Crippen LogP contribution in [0.25, 0.3) is 11.0 Å². The van der Waals surface area contributed by atoms with E-state index < -0.39 is 0 Å². The first-order valence-electron chi connectivity index (χ1n) is 12.4. The Morgan fingerprint density at radius 1 is 0.703 bits per heavy atom. The molecular weight excluding hydrogens is 488 g/mol. The first-order valence-corrected chi connectivity index (χ1v) is 13.1. The van der Waals surface area contributed by atoms with E-state index in [-0.39, 0.29) is 42.5 Å². The number of anilines is 1. The minimum absolute atomic E-state index is 0.0802. The summed E-state index contributed by atoms with van der Waals surface area (Å²) >= 11 is 1.22. The highest BCUT2D eigenvalue weighted by molar-refractivity contribution is 7.00. The van der Waals surface area contributed by atoms with Crippen LogP contribution in [-0.4, -0.2) is 51.3 Å². The second kappa shape index (κ2) is 9.78. The molecule has 1 N–H and O–H groups in total.